The summed E-state index contributed by atoms with van der Waals surface area (Å²) in [7, 11) is 0. The van der Waals surface area contributed by atoms with Gasteiger partial charge in [-0.3, -0.25) is 14.8 Å². The lowest BCUT2D eigenvalue weighted by Gasteiger charge is -2.09. The van der Waals surface area contributed by atoms with Crippen LogP contribution >= 0.6 is 27.7 Å². The number of benzene rings is 2. The van der Waals surface area contributed by atoms with Crippen molar-refractivity contribution < 1.29 is 4.79 Å². The van der Waals surface area contributed by atoms with Crippen molar-refractivity contribution in [1.82, 2.24) is 10.3 Å². The largest absolute Gasteiger partial charge is 0.350 e. The third-order valence-electron chi connectivity index (χ3n) is 4.81. The summed E-state index contributed by atoms with van der Waals surface area (Å²) in [5.74, 6) is -0.0272. The van der Waals surface area contributed by atoms with Crippen LogP contribution in [0.5, 0.6) is 0 Å². The molecule has 3 aromatic rings. The zero-order chi connectivity index (χ0) is 23.6. The van der Waals surface area contributed by atoms with Gasteiger partial charge in [0.05, 0.1) is 18.0 Å². The lowest BCUT2D eigenvalue weighted by Crippen LogP contribution is -2.22. The van der Waals surface area contributed by atoms with Gasteiger partial charge in [-0.2, -0.15) is 0 Å². The number of thioether (sulfide) groups is 1. The average Bonchev–Trinajstić information content (AvgIpc) is 2.95. The summed E-state index contributed by atoms with van der Waals surface area (Å²) in [6.45, 7) is 8.16. The smallest absolute Gasteiger partial charge is 0.224 e. The maximum atomic E-state index is 11.0. The molecule has 6 heteroatoms. The number of amides is 1. The zero-order valence-electron chi connectivity index (χ0n) is 18.7. The molecule has 0 aliphatic carbocycles. The van der Waals surface area contributed by atoms with E-state index in [1.165, 1.54) is 15.4 Å². The minimum Gasteiger partial charge on any atom is -0.350 e. The second-order valence-electron chi connectivity index (χ2n) is 7.30. The standard InChI is InChI=1S/C17H14BrNS.C10H12N2O/c1-11-12(2)20-16-9-4-3-8-15(16)17(19-11)13-6-5-7-14(18)10-13;1-2-5-10(13)12-8-9-6-3-4-7-11-9/h3-10H,1-2H3;2-4,6-7H,1,5,8H2,(H,12,13). The van der Waals surface area contributed by atoms with Crippen LogP contribution in [0.3, 0.4) is 0 Å². The van der Waals surface area contributed by atoms with Gasteiger partial charge >= 0.3 is 0 Å². The maximum Gasteiger partial charge on any atom is 0.224 e. The predicted octanol–water partition coefficient (Wildman–Crippen LogP) is 6.92. The number of aliphatic imine (C=N–C) groups is 1. The number of nitrogens with zero attached hydrogens (tertiary/aromatic N) is 2. The average molecular weight is 520 g/mol. The minimum absolute atomic E-state index is 0.0272. The summed E-state index contributed by atoms with van der Waals surface area (Å²) in [5, 5.41) is 2.73. The van der Waals surface area contributed by atoms with E-state index in [0.717, 1.165) is 27.1 Å². The molecule has 4 rings (SSSR count). The molecule has 1 aliphatic heterocycles. The van der Waals surface area contributed by atoms with E-state index in [1.54, 1.807) is 24.0 Å². The summed E-state index contributed by atoms with van der Waals surface area (Å²) < 4.78 is 1.07. The number of fused-ring (bicyclic) bond motifs is 1. The highest BCUT2D eigenvalue weighted by atomic mass is 79.9. The number of allylic oxidation sites excluding steroid dienone is 2. The highest BCUT2D eigenvalue weighted by Crippen LogP contribution is 2.36. The van der Waals surface area contributed by atoms with Crippen LogP contribution in [0, 0.1) is 0 Å². The van der Waals surface area contributed by atoms with E-state index in [4.69, 9.17) is 4.99 Å². The highest BCUT2D eigenvalue weighted by Gasteiger charge is 2.17. The highest BCUT2D eigenvalue weighted by molar-refractivity contribution is 9.10. The lowest BCUT2D eigenvalue weighted by molar-refractivity contribution is -0.120. The van der Waals surface area contributed by atoms with Crippen molar-refractivity contribution in [3.05, 3.63) is 117 Å². The number of carbonyl (C=O) groups excluding carboxylic acids is 1. The first-order valence-corrected chi connectivity index (χ1v) is 12.2. The molecule has 0 spiro atoms. The van der Waals surface area contributed by atoms with Gasteiger partial charge in [-0.25, -0.2) is 0 Å². The number of carbonyl (C=O) groups is 1. The third kappa shape index (κ3) is 7.27. The first-order chi connectivity index (χ1) is 16.0. The molecule has 1 aliphatic rings. The molecule has 4 nitrogen and oxygen atoms in total. The molecule has 0 saturated heterocycles. The Morgan fingerprint density at radius 3 is 2.61 bits per heavy atom. The van der Waals surface area contributed by atoms with E-state index < -0.39 is 0 Å². The third-order valence-corrected chi connectivity index (χ3v) is 6.49. The Morgan fingerprint density at radius 1 is 1.09 bits per heavy atom. The van der Waals surface area contributed by atoms with E-state index in [-0.39, 0.29) is 5.91 Å². The normalized spacial score (nSPS) is 12.5. The van der Waals surface area contributed by atoms with Crippen LogP contribution in [-0.4, -0.2) is 16.6 Å². The van der Waals surface area contributed by atoms with Gasteiger partial charge < -0.3 is 5.32 Å². The van der Waals surface area contributed by atoms with Crippen molar-refractivity contribution in [2.24, 2.45) is 4.99 Å². The van der Waals surface area contributed by atoms with E-state index in [0.29, 0.717) is 13.0 Å². The predicted molar refractivity (Wildman–Crippen MR) is 141 cm³/mol. The van der Waals surface area contributed by atoms with Crippen LogP contribution in [0.15, 0.2) is 111 Å². The SMILES string of the molecule is C=CCC(=O)NCc1ccccn1.CC1=C(C)Sc2ccccc2C(c2cccc(Br)c2)=N1. The van der Waals surface area contributed by atoms with Crippen molar-refractivity contribution in [3.63, 3.8) is 0 Å². The second-order valence-corrected chi connectivity index (χ2v) is 9.47. The van der Waals surface area contributed by atoms with Gasteiger partial charge in [-0.15, -0.1) is 6.58 Å². The maximum absolute atomic E-state index is 11.0. The Balaban J connectivity index is 0.000000205. The van der Waals surface area contributed by atoms with Crippen LogP contribution in [0.1, 0.15) is 37.1 Å². The van der Waals surface area contributed by atoms with Crippen molar-refractivity contribution in [1.29, 1.82) is 0 Å². The van der Waals surface area contributed by atoms with Crippen molar-refractivity contribution in [3.8, 4) is 0 Å². The number of nitrogens with one attached hydrogen (secondary N) is 1. The van der Waals surface area contributed by atoms with Crippen molar-refractivity contribution >= 4 is 39.3 Å². The molecule has 0 saturated carbocycles. The Hall–Kier alpha value is -2.96. The van der Waals surface area contributed by atoms with Crippen LogP contribution in [-0.2, 0) is 11.3 Å². The molecule has 2 heterocycles. The fourth-order valence-corrected chi connectivity index (χ4v) is 4.39. The number of hydrogen-bond acceptors (Lipinski definition) is 4. The first kappa shape index (κ1) is 24.7. The molecule has 0 fully saturated rings. The van der Waals surface area contributed by atoms with Gasteiger partial charge in [0.15, 0.2) is 0 Å². The van der Waals surface area contributed by atoms with Gasteiger partial charge in [-0.05, 0) is 44.2 Å². The summed E-state index contributed by atoms with van der Waals surface area (Å²) in [6, 6.07) is 22.4. The van der Waals surface area contributed by atoms with Crippen molar-refractivity contribution in [2.75, 3.05) is 0 Å². The van der Waals surface area contributed by atoms with Crippen LogP contribution in [0.25, 0.3) is 0 Å². The molecule has 0 bridgehead atoms. The number of aromatic nitrogens is 1. The van der Waals surface area contributed by atoms with E-state index in [1.807, 2.05) is 24.3 Å². The number of halogens is 1. The first-order valence-electron chi connectivity index (χ1n) is 10.5. The fraction of sp³-hybridized carbons (Fsp3) is 0.148. The molecule has 0 unspecified atom stereocenters. The van der Waals surface area contributed by atoms with E-state index in [9.17, 15) is 4.79 Å². The number of rotatable bonds is 5. The van der Waals surface area contributed by atoms with E-state index >= 15 is 0 Å². The van der Waals surface area contributed by atoms with Crippen LogP contribution in [0.4, 0.5) is 0 Å². The Bertz CT molecular complexity index is 1190. The van der Waals surface area contributed by atoms with Gasteiger partial charge in [0.1, 0.15) is 0 Å². The summed E-state index contributed by atoms with van der Waals surface area (Å²) >= 11 is 5.34. The molecule has 0 radical (unpaired) electrons. The van der Waals surface area contributed by atoms with Crippen molar-refractivity contribution in [2.45, 2.75) is 31.7 Å². The monoisotopic (exact) mass is 519 g/mol. The molecule has 168 valence electrons. The number of pyridine rings is 1. The molecule has 1 aromatic heterocycles. The summed E-state index contributed by atoms with van der Waals surface area (Å²) in [5.41, 5.74) is 5.33. The molecule has 33 heavy (non-hydrogen) atoms. The summed E-state index contributed by atoms with van der Waals surface area (Å²) in [4.78, 5) is 22.5. The van der Waals surface area contributed by atoms with Gasteiger partial charge in [-0.1, -0.05) is 70.2 Å². The fourth-order valence-electron chi connectivity index (χ4n) is 3.05. The minimum atomic E-state index is -0.0272. The van der Waals surface area contributed by atoms with E-state index in [2.05, 4.69) is 89.1 Å². The summed E-state index contributed by atoms with van der Waals surface area (Å²) in [6.07, 6.45) is 3.63. The molecule has 1 N–H and O–H groups in total. The van der Waals surface area contributed by atoms with Gasteiger partial charge in [0.2, 0.25) is 5.91 Å². The zero-order valence-corrected chi connectivity index (χ0v) is 21.1. The topological polar surface area (TPSA) is 54.4 Å². The second kappa shape index (κ2) is 12.3. The molecular weight excluding hydrogens is 494 g/mol. The Morgan fingerprint density at radius 2 is 1.88 bits per heavy atom. The van der Waals surface area contributed by atoms with Crippen LogP contribution in [0.2, 0.25) is 0 Å². The Labute approximate surface area is 208 Å². The van der Waals surface area contributed by atoms with Gasteiger partial charge in [0, 0.05) is 43.7 Å². The molecule has 1 amide bonds. The quantitative estimate of drug-likeness (QED) is 0.372. The van der Waals surface area contributed by atoms with Crippen LogP contribution < -0.4 is 5.32 Å². The number of hydrogen-bond donors (Lipinski definition) is 1. The lowest BCUT2D eigenvalue weighted by atomic mass is 10.0. The molecule has 2 aromatic carbocycles. The molecular formula is C27H26BrN3OS. The van der Waals surface area contributed by atoms with Gasteiger partial charge in [0.25, 0.3) is 0 Å². The Kier molecular flexibility index (Phi) is 9.22. The molecule has 0 atom stereocenters.